The van der Waals surface area contributed by atoms with E-state index in [9.17, 15) is 4.79 Å². The molecule has 1 aliphatic rings. The van der Waals surface area contributed by atoms with E-state index in [1.807, 2.05) is 6.92 Å². The Labute approximate surface area is 65.7 Å². The SMILES string of the molecule is CCOC1C(=O)C1(N)OCC. The fourth-order valence-corrected chi connectivity index (χ4v) is 1.03. The smallest absolute Gasteiger partial charge is 0.216 e. The second-order valence-electron chi connectivity index (χ2n) is 2.43. The highest BCUT2D eigenvalue weighted by Crippen LogP contribution is 2.32. The van der Waals surface area contributed by atoms with Crippen molar-refractivity contribution in [3.63, 3.8) is 0 Å². The second-order valence-corrected chi connectivity index (χ2v) is 2.43. The van der Waals surface area contributed by atoms with Crippen molar-refractivity contribution < 1.29 is 14.3 Å². The van der Waals surface area contributed by atoms with E-state index in [2.05, 4.69) is 0 Å². The van der Waals surface area contributed by atoms with Gasteiger partial charge in [-0.25, -0.2) is 0 Å². The predicted molar refractivity (Wildman–Crippen MR) is 39.0 cm³/mol. The summed E-state index contributed by atoms with van der Waals surface area (Å²) in [6.07, 6.45) is -0.535. The third-order valence-corrected chi connectivity index (χ3v) is 1.65. The third-order valence-electron chi connectivity index (χ3n) is 1.65. The van der Waals surface area contributed by atoms with Crippen LogP contribution in [0.15, 0.2) is 0 Å². The van der Waals surface area contributed by atoms with Crippen LogP contribution < -0.4 is 5.73 Å². The Balaban J connectivity index is 2.44. The van der Waals surface area contributed by atoms with E-state index >= 15 is 0 Å². The lowest BCUT2D eigenvalue weighted by Gasteiger charge is -2.07. The number of carbonyl (C=O) groups excluding carboxylic acids is 1. The summed E-state index contributed by atoms with van der Waals surface area (Å²) in [4.78, 5) is 10.9. The van der Waals surface area contributed by atoms with E-state index in [-0.39, 0.29) is 5.78 Å². The first-order chi connectivity index (χ1) is 5.16. The number of nitrogens with two attached hydrogens (primary N) is 1. The standard InChI is InChI=1S/C7H13NO3/c1-3-10-6-5(9)7(6,8)11-4-2/h6H,3-4,8H2,1-2H3. The van der Waals surface area contributed by atoms with Gasteiger partial charge in [-0.15, -0.1) is 0 Å². The fraction of sp³-hybridized carbons (Fsp3) is 0.857. The monoisotopic (exact) mass is 159 g/mol. The van der Waals surface area contributed by atoms with Crippen molar-refractivity contribution in [3.05, 3.63) is 0 Å². The highest BCUT2D eigenvalue weighted by molar-refractivity contribution is 6.09. The van der Waals surface area contributed by atoms with E-state index in [1.54, 1.807) is 6.92 Å². The van der Waals surface area contributed by atoms with Crippen molar-refractivity contribution >= 4 is 5.78 Å². The van der Waals surface area contributed by atoms with Crippen LogP contribution in [0.4, 0.5) is 0 Å². The van der Waals surface area contributed by atoms with Gasteiger partial charge in [-0.2, -0.15) is 0 Å². The van der Waals surface area contributed by atoms with Crippen molar-refractivity contribution in [2.75, 3.05) is 13.2 Å². The summed E-state index contributed by atoms with van der Waals surface area (Å²) >= 11 is 0. The molecule has 0 amide bonds. The number of ketones is 1. The molecule has 2 N–H and O–H groups in total. The van der Waals surface area contributed by atoms with Gasteiger partial charge in [-0.05, 0) is 13.8 Å². The molecule has 2 atom stereocenters. The first-order valence-electron chi connectivity index (χ1n) is 3.75. The first kappa shape index (κ1) is 8.64. The molecule has 1 fully saturated rings. The van der Waals surface area contributed by atoms with Crippen LogP contribution in [0, 0.1) is 0 Å². The summed E-state index contributed by atoms with van der Waals surface area (Å²) in [6, 6.07) is 0. The van der Waals surface area contributed by atoms with Gasteiger partial charge in [-0.1, -0.05) is 0 Å². The Morgan fingerprint density at radius 3 is 2.64 bits per heavy atom. The summed E-state index contributed by atoms with van der Waals surface area (Å²) in [7, 11) is 0. The maximum absolute atomic E-state index is 10.9. The van der Waals surface area contributed by atoms with Crippen LogP contribution in [0.25, 0.3) is 0 Å². The summed E-state index contributed by atoms with van der Waals surface area (Å²) in [6.45, 7) is 4.54. The normalized spacial score (nSPS) is 35.9. The number of hydrogen-bond donors (Lipinski definition) is 1. The largest absolute Gasteiger partial charge is 0.365 e. The average Bonchev–Trinajstić information content (AvgIpc) is 2.43. The highest BCUT2D eigenvalue weighted by atomic mass is 16.6. The zero-order valence-electron chi connectivity index (χ0n) is 6.79. The van der Waals surface area contributed by atoms with Crippen LogP contribution in [0.5, 0.6) is 0 Å². The molecule has 1 saturated carbocycles. The number of rotatable bonds is 4. The molecule has 0 aromatic rings. The molecule has 1 aliphatic carbocycles. The molecule has 1 rings (SSSR count). The minimum absolute atomic E-state index is 0.152. The van der Waals surface area contributed by atoms with Crippen LogP contribution >= 0.6 is 0 Å². The number of Topliss-reactive ketones (excluding diaryl/α,β-unsaturated/α-hetero) is 1. The Hall–Kier alpha value is -0.450. The van der Waals surface area contributed by atoms with Crippen molar-refractivity contribution in [1.29, 1.82) is 0 Å². The molecular formula is C7H13NO3. The molecule has 4 nitrogen and oxygen atoms in total. The highest BCUT2D eigenvalue weighted by Gasteiger charge is 2.65. The molecule has 0 spiro atoms. The van der Waals surface area contributed by atoms with E-state index in [0.717, 1.165) is 0 Å². The molecule has 11 heavy (non-hydrogen) atoms. The van der Waals surface area contributed by atoms with Crippen LogP contribution in [-0.2, 0) is 14.3 Å². The third kappa shape index (κ3) is 1.29. The minimum Gasteiger partial charge on any atom is -0.365 e. The topological polar surface area (TPSA) is 61.5 Å². The van der Waals surface area contributed by atoms with Gasteiger partial charge >= 0.3 is 0 Å². The summed E-state index contributed by atoms with van der Waals surface area (Å²) in [5.74, 6) is -0.152. The van der Waals surface area contributed by atoms with Gasteiger partial charge in [0.1, 0.15) is 0 Å². The van der Waals surface area contributed by atoms with Gasteiger partial charge in [0.25, 0.3) is 0 Å². The Kier molecular flexibility index (Phi) is 2.27. The molecule has 0 saturated heterocycles. The summed E-state index contributed by atoms with van der Waals surface area (Å²) in [5, 5.41) is 0. The van der Waals surface area contributed by atoms with E-state index < -0.39 is 11.8 Å². The molecule has 4 heteroatoms. The van der Waals surface area contributed by atoms with Gasteiger partial charge in [0.05, 0.1) is 0 Å². The van der Waals surface area contributed by atoms with Gasteiger partial charge < -0.3 is 9.47 Å². The van der Waals surface area contributed by atoms with Gasteiger partial charge in [0.2, 0.25) is 11.5 Å². The van der Waals surface area contributed by atoms with Crippen molar-refractivity contribution in [2.45, 2.75) is 25.7 Å². The van der Waals surface area contributed by atoms with Crippen LogP contribution in [0.3, 0.4) is 0 Å². The Bertz CT molecular complexity index is 171. The molecule has 0 aromatic heterocycles. The van der Waals surface area contributed by atoms with Gasteiger partial charge in [0, 0.05) is 13.2 Å². The maximum Gasteiger partial charge on any atom is 0.216 e. The number of carbonyl (C=O) groups is 1. The summed E-state index contributed by atoms with van der Waals surface area (Å²) < 4.78 is 10.1. The van der Waals surface area contributed by atoms with Crippen molar-refractivity contribution in [3.8, 4) is 0 Å². The quantitative estimate of drug-likeness (QED) is 0.570. The fourth-order valence-electron chi connectivity index (χ4n) is 1.03. The van der Waals surface area contributed by atoms with E-state index in [0.29, 0.717) is 13.2 Å². The first-order valence-corrected chi connectivity index (χ1v) is 3.75. The van der Waals surface area contributed by atoms with E-state index in [4.69, 9.17) is 15.2 Å². The van der Waals surface area contributed by atoms with Crippen molar-refractivity contribution in [2.24, 2.45) is 5.73 Å². The number of hydrogen-bond acceptors (Lipinski definition) is 4. The lowest BCUT2D eigenvalue weighted by Crippen LogP contribution is -2.32. The second kappa shape index (κ2) is 2.89. The van der Waals surface area contributed by atoms with Crippen LogP contribution in [0.2, 0.25) is 0 Å². The van der Waals surface area contributed by atoms with Crippen LogP contribution in [-0.4, -0.2) is 30.8 Å². The van der Waals surface area contributed by atoms with Crippen molar-refractivity contribution in [1.82, 2.24) is 0 Å². The summed E-state index contributed by atoms with van der Waals surface area (Å²) in [5.41, 5.74) is 4.40. The molecule has 64 valence electrons. The lowest BCUT2D eigenvalue weighted by molar-refractivity contribution is -0.118. The van der Waals surface area contributed by atoms with E-state index in [1.165, 1.54) is 0 Å². The molecule has 0 aromatic carbocycles. The zero-order valence-corrected chi connectivity index (χ0v) is 6.79. The Morgan fingerprint density at radius 2 is 2.18 bits per heavy atom. The predicted octanol–water partition coefficient (Wildman–Crippen LogP) is -0.334. The molecule has 0 aliphatic heterocycles. The van der Waals surface area contributed by atoms with Gasteiger partial charge in [-0.3, -0.25) is 10.5 Å². The molecule has 0 radical (unpaired) electrons. The molecular weight excluding hydrogens is 146 g/mol. The molecule has 0 bridgehead atoms. The maximum atomic E-state index is 10.9. The molecule has 0 heterocycles. The number of ether oxygens (including phenoxy) is 2. The zero-order chi connectivity index (χ0) is 8.48. The Morgan fingerprint density at radius 1 is 1.55 bits per heavy atom. The average molecular weight is 159 g/mol. The van der Waals surface area contributed by atoms with Crippen LogP contribution in [0.1, 0.15) is 13.8 Å². The lowest BCUT2D eigenvalue weighted by atomic mass is 10.6. The van der Waals surface area contributed by atoms with Gasteiger partial charge in [0.15, 0.2) is 6.10 Å². The minimum atomic E-state index is -1.13. The molecule has 2 unspecified atom stereocenters.